The summed E-state index contributed by atoms with van der Waals surface area (Å²) >= 11 is 6.11. The number of halogens is 3. The van der Waals surface area contributed by atoms with E-state index in [4.69, 9.17) is 11.6 Å². The molecule has 0 saturated heterocycles. The largest absolute Gasteiger partial charge is 0.435 e. The molecule has 1 N–H and O–H groups in total. The summed E-state index contributed by atoms with van der Waals surface area (Å²) in [5.74, 6) is 0.566. The van der Waals surface area contributed by atoms with Crippen molar-refractivity contribution in [2.45, 2.75) is 12.7 Å². The van der Waals surface area contributed by atoms with E-state index in [2.05, 4.69) is 25.6 Å². The molecule has 0 aliphatic carbocycles. The number of ether oxygens (including phenoxy) is 1. The number of anilines is 1. The normalized spacial score (nSPS) is 16.0. The Morgan fingerprint density at radius 1 is 1.15 bits per heavy atom. The van der Waals surface area contributed by atoms with Crippen LogP contribution >= 0.6 is 11.6 Å². The van der Waals surface area contributed by atoms with Gasteiger partial charge in [0.05, 0.1) is 0 Å². The zero-order valence-electron chi connectivity index (χ0n) is 13.2. The molecule has 0 bridgehead atoms. The highest BCUT2D eigenvalue weighted by Gasteiger charge is 2.24. The van der Waals surface area contributed by atoms with Gasteiger partial charge in [-0.2, -0.15) is 13.5 Å². The number of hydrogen-bond donors (Lipinski definition) is 1. The molecule has 9 heteroatoms. The molecule has 0 radical (unpaired) electrons. The Morgan fingerprint density at radius 2 is 1.96 bits per heavy atom. The predicted molar refractivity (Wildman–Crippen MR) is 92.1 cm³/mol. The Kier molecular flexibility index (Phi) is 4.26. The lowest BCUT2D eigenvalue weighted by Gasteiger charge is -2.23. The minimum Gasteiger partial charge on any atom is -0.435 e. The summed E-state index contributed by atoms with van der Waals surface area (Å²) in [6, 6.07) is 13.5. The van der Waals surface area contributed by atoms with Crippen molar-refractivity contribution in [3.8, 4) is 5.75 Å². The third kappa shape index (κ3) is 3.23. The molecule has 0 saturated carbocycles. The highest BCUT2D eigenvalue weighted by molar-refractivity contribution is 6.30. The second-order valence-corrected chi connectivity index (χ2v) is 5.99. The number of benzene rings is 2. The Morgan fingerprint density at radius 3 is 2.69 bits per heavy atom. The van der Waals surface area contributed by atoms with Gasteiger partial charge in [0.2, 0.25) is 5.95 Å². The number of alkyl halides is 2. The van der Waals surface area contributed by atoms with Crippen molar-refractivity contribution in [3.63, 3.8) is 0 Å². The fourth-order valence-electron chi connectivity index (χ4n) is 2.77. The summed E-state index contributed by atoms with van der Waals surface area (Å²) in [4.78, 5) is 0. The average Bonchev–Trinajstić information content (AvgIpc) is 3.09. The van der Waals surface area contributed by atoms with Crippen LogP contribution in [0.1, 0.15) is 17.2 Å². The summed E-state index contributed by atoms with van der Waals surface area (Å²) in [7, 11) is 0. The van der Waals surface area contributed by atoms with Gasteiger partial charge in [0.25, 0.3) is 0 Å². The smallest absolute Gasteiger partial charge is 0.387 e. The molecule has 4 rings (SSSR count). The SMILES string of the molecule is FC(F)Oc1ccc(C2=C[C@@H](c3cccc(Cl)c3)n3nnnc3N2)cc1. The van der Waals surface area contributed by atoms with Crippen LogP contribution in [0.25, 0.3) is 5.70 Å². The first kappa shape index (κ1) is 16.5. The molecular weight excluding hydrogens is 364 g/mol. The summed E-state index contributed by atoms with van der Waals surface area (Å²) < 4.78 is 30.6. The van der Waals surface area contributed by atoms with Crippen molar-refractivity contribution >= 4 is 23.2 Å². The molecule has 2 heterocycles. The van der Waals surface area contributed by atoms with Gasteiger partial charge in [0.15, 0.2) is 0 Å². The molecule has 0 spiro atoms. The molecule has 26 heavy (non-hydrogen) atoms. The van der Waals surface area contributed by atoms with Crippen LogP contribution in [-0.2, 0) is 0 Å². The van der Waals surface area contributed by atoms with Gasteiger partial charge >= 0.3 is 6.61 Å². The Hall–Kier alpha value is -3.00. The minimum absolute atomic E-state index is 0.0939. The quantitative estimate of drug-likeness (QED) is 0.747. The first-order valence-corrected chi connectivity index (χ1v) is 8.05. The van der Waals surface area contributed by atoms with E-state index >= 15 is 0 Å². The fraction of sp³-hybridized carbons (Fsp3) is 0.118. The topological polar surface area (TPSA) is 64.9 Å². The van der Waals surface area contributed by atoms with Crippen molar-refractivity contribution in [2.24, 2.45) is 0 Å². The van der Waals surface area contributed by atoms with Crippen LogP contribution < -0.4 is 10.1 Å². The van der Waals surface area contributed by atoms with Crippen molar-refractivity contribution in [1.82, 2.24) is 20.2 Å². The Bertz CT molecular complexity index is 958. The van der Waals surface area contributed by atoms with Crippen LogP contribution in [-0.4, -0.2) is 26.8 Å². The third-order valence-electron chi connectivity index (χ3n) is 3.91. The molecule has 1 aliphatic rings. The fourth-order valence-corrected chi connectivity index (χ4v) is 2.96. The molecule has 1 aliphatic heterocycles. The van der Waals surface area contributed by atoms with Crippen molar-refractivity contribution in [2.75, 3.05) is 5.32 Å². The first-order chi connectivity index (χ1) is 12.6. The zero-order valence-corrected chi connectivity index (χ0v) is 13.9. The van der Waals surface area contributed by atoms with Crippen LogP contribution in [0.2, 0.25) is 5.02 Å². The number of nitrogens with zero attached hydrogens (tertiary/aromatic N) is 4. The molecule has 0 amide bonds. The first-order valence-electron chi connectivity index (χ1n) is 7.67. The number of allylic oxidation sites excluding steroid dienone is 1. The summed E-state index contributed by atoms with van der Waals surface area (Å²) in [6.45, 7) is -2.86. The van der Waals surface area contributed by atoms with Gasteiger partial charge in [-0.25, -0.2) is 0 Å². The maximum Gasteiger partial charge on any atom is 0.387 e. The van der Waals surface area contributed by atoms with E-state index < -0.39 is 6.61 Å². The lowest BCUT2D eigenvalue weighted by atomic mass is 10.0. The second kappa shape index (κ2) is 6.72. The van der Waals surface area contributed by atoms with Crippen LogP contribution in [0.15, 0.2) is 54.6 Å². The van der Waals surface area contributed by atoms with Gasteiger partial charge in [-0.15, -0.1) is 0 Å². The number of tetrazole rings is 1. The van der Waals surface area contributed by atoms with Crippen LogP contribution in [0.5, 0.6) is 5.75 Å². The Labute approximate surface area is 152 Å². The number of rotatable bonds is 4. The number of hydrogen-bond acceptors (Lipinski definition) is 5. The van der Waals surface area contributed by atoms with Gasteiger partial charge in [0, 0.05) is 10.7 Å². The maximum absolute atomic E-state index is 12.3. The zero-order chi connectivity index (χ0) is 18.1. The van der Waals surface area contributed by atoms with Crippen molar-refractivity contribution < 1.29 is 13.5 Å². The number of aromatic nitrogens is 4. The van der Waals surface area contributed by atoms with Gasteiger partial charge in [-0.05, 0) is 64.0 Å². The van der Waals surface area contributed by atoms with E-state index in [1.54, 1.807) is 22.9 Å². The summed E-state index contributed by atoms with van der Waals surface area (Å²) in [5.41, 5.74) is 2.46. The van der Waals surface area contributed by atoms with Gasteiger partial charge in [0.1, 0.15) is 11.8 Å². The lowest BCUT2D eigenvalue weighted by molar-refractivity contribution is -0.0498. The highest BCUT2D eigenvalue weighted by atomic mass is 35.5. The van der Waals surface area contributed by atoms with Crippen LogP contribution in [0, 0.1) is 0 Å². The Balaban J connectivity index is 1.70. The van der Waals surface area contributed by atoms with E-state index in [9.17, 15) is 8.78 Å². The third-order valence-corrected chi connectivity index (χ3v) is 4.14. The van der Waals surface area contributed by atoms with Gasteiger partial charge in [-0.1, -0.05) is 28.8 Å². The average molecular weight is 376 g/mol. The molecular formula is C17H12ClF2N5O. The molecule has 2 aromatic carbocycles. The molecule has 1 atom stereocenters. The van der Waals surface area contributed by atoms with Crippen molar-refractivity contribution in [3.05, 3.63) is 70.8 Å². The van der Waals surface area contributed by atoms with E-state index in [1.807, 2.05) is 24.3 Å². The van der Waals surface area contributed by atoms with Gasteiger partial charge < -0.3 is 10.1 Å². The monoisotopic (exact) mass is 375 g/mol. The van der Waals surface area contributed by atoms with E-state index in [0.29, 0.717) is 11.0 Å². The van der Waals surface area contributed by atoms with E-state index in [-0.39, 0.29) is 11.8 Å². The molecule has 6 nitrogen and oxygen atoms in total. The van der Waals surface area contributed by atoms with Crippen LogP contribution in [0.3, 0.4) is 0 Å². The standard InChI is InChI=1S/C17H12ClF2N5O/c18-12-3-1-2-11(8-12)15-9-14(21-17-22-23-24-25(15)17)10-4-6-13(7-5-10)26-16(19)20/h1-9,15-16H,(H,21,22,24)/t15-/m0/s1. The molecule has 132 valence electrons. The van der Waals surface area contributed by atoms with Crippen LogP contribution in [0.4, 0.5) is 14.7 Å². The maximum atomic E-state index is 12.3. The second-order valence-electron chi connectivity index (χ2n) is 5.56. The molecule has 0 unspecified atom stereocenters. The molecule has 1 aromatic heterocycles. The lowest BCUT2D eigenvalue weighted by Crippen LogP contribution is -2.20. The van der Waals surface area contributed by atoms with Gasteiger partial charge in [-0.3, -0.25) is 0 Å². The highest BCUT2D eigenvalue weighted by Crippen LogP contribution is 2.32. The number of nitrogens with one attached hydrogen (secondary N) is 1. The molecule has 0 fully saturated rings. The minimum atomic E-state index is -2.86. The van der Waals surface area contributed by atoms with Crippen molar-refractivity contribution in [1.29, 1.82) is 0 Å². The van der Waals surface area contributed by atoms with E-state index in [0.717, 1.165) is 16.8 Å². The number of fused-ring (bicyclic) bond motifs is 1. The predicted octanol–water partition coefficient (Wildman–Crippen LogP) is 3.98. The summed E-state index contributed by atoms with van der Waals surface area (Å²) in [5, 5.41) is 15.5. The summed E-state index contributed by atoms with van der Waals surface area (Å²) in [6.07, 6.45) is 1.94. The van der Waals surface area contributed by atoms with E-state index in [1.165, 1.54) is 12.1 Å². The molecule has 3 aromatic rings.